The quantitative estimate of drug-likeness (QED) is 0.493. The molecule has 0 fully saturated rings. The highest BCUT2D eigenvalue weighted by Crippen LogP contribution is 1.91. The Balaban J connectivity index is 3.25. The van der Waals surface area contributed by atoms with Crippen LogP contribution in [0.2, 0.25) is 0 Å². The van der Waals surface area contributed by atoms with E-state index in [-0.39, 0.29) is 19.5 Å². The summed E-state index contributed by atoms with van der Waals surface area (Å²) in [5.41, 5.74) is 0. The fraction of sp³-hybridized carbons (Fsp3) is 0.909. The van der Waals surface area contributed by atoms with Gasteiger partial charge >= 0.3 is 6.03 Å². The van der Waals surface area contributed by atoms with Crippen molar-refractivity contribution in [2.45, 2.75) is 27.7 Å². The summed E-state index contributed by atoms with van der Waals surface area (Å²) < 4.78 is 10.4. The van der Waals surface area contributed by atoms with E-state index in [0.717, 1.165) is 0 Å². The summed E-state index contributed by atoms with van der Waals surface area (Å²) in [4.78, 5) is 11.2. The molecule has 0 spiro atoms. The minimum atomic E-state index is -0.271. The van der Waals surface area contributed by atoms with Gasteiger partial charge in [-0.05, 0) is 11.8 Å². The predicted octanol–water partition coefficient (Wildman–Crippen LogP) is 1.55. The Morgan fingerprint density at radius 1 is 0.938 bits per heavy atom. The molecule has 16 heavy (non-hydrogen) atoms. The van der Waals surface area contributed by atoms with Gasteiger partial charge in [0.15, 0.2) is 0 Å². The summed E-state index contributed by atoms with van der Waals surface area (Å²) in [6, 6.07) is -0.271. The molecule has 5 nitrogen and oxygen atoms in total. The molecule has 0 aromatic carbocycles. The standard InChI is InChI=1S/C11H24N2O3/c1-9(2)5-15-7-12-11(14)13-8-16-6-10(3)4/h9-10H,5-8H2,1-4H3,(H2,12,13,14). The summed E-state index contributed by atoms with van der Waals surface area (Å²) in [6.07, 6.45) is 0. The zero-order valence-corrected chi connectivity index (χ0v) is 10.7. The first-order chi connectivity index (χ1) is 7.52. The van der Waals surface area contributed by atoms with Gasteiger partial charge in [0.25, 0.3) is 0 Å². The number of urea groups is 1. The highest BCUT2D eigenvalue weighted by atomic mass is 16.5. The molecule has 0 radical (unpaired) electrons. The van der Waals surface area contributed by atoms with Crippen LogP contribution in [0.1, 0.15) is 27.7 Å². The number of carbonyl (C=O) groups excluding carboxylic acids is 1. The van der Waals surface area contributed by atoms with E-state index in [1.54, 1.807) is 0 Å². The van der Waals surface area contributed by atoms with Crippen molar-refractivity contribution < 1.29 is 14.3 Å². The van der Waals surface area contributed by atoms with E-state index in [1.807, 2.05) is 0 Å². The maximum absolute atomic E-state index is 11.2. The fourth-order valence-electron chi connectivity index (χ4n) is 0.885. The minimum absolute atomic E-state index is 0.230. The Kier molecular flexibility index (Phi) is 8.94. The smallest absolute Gasteiger partial charge is 0.318 e. The van der Waals surface area contributed by atoms with Gasteiger partial charge in [0.05, 0.1) is 13.2 Å². The van der Waals surface area contributed by atoms with Crippen molar-refractivity contribution >= 4 is 6.03 Å². The molecule has 0 saturated carbocycles. The van der Waals surface area contributed by atoms with Crippen molar-refractivity contribution in [3.63, 3.8) is 0 Å². The summed E-state index contributed by atoms with van der Waals surface area (Å²) in [5.74, 6) is 0.943. The van der Waals surface area contributed by atoms with Gasteiger partial charge in [-0.1, -0.05) is 27.7 Å². The third-order valence-electron chi connectivity index (χ3n) is 1.57. The maximum atomic E-state index is 11.2. The molecule has 0 unspecified atom stereocenters. The largest absolute Gasteiger partial charge is 0.361 e. The van der Waals surface area contributed by atoms with E-state index in [0.29, 0.717) is 25.0 Å². The van der Waals surface area contributed by atoms with Crippen LogP contribution in [0, 0.1) is 11.8 Å². The second-order valence-electron chi connectivity index (χ2n) is 4.50. The lowest BCUT2D eigenvalue weighted by Crippen LogP contribution is -2.38. The normalized spacial score (nSPS) is 10.9. The monoisotopic (exact) mass is 232 g/mol. The Hall–Kier alpha value is -0.810. The van der Waals surface area contributed by atoms with Crippen LogP contribution in [0.3, 0.4) is 0 Å². The third-order valence-corrected chi connectivity index (χ3v) is 1.57. The lowest BCUT2D eigenvalue weighted by Gasteiger charge is -2.10. The van der Waals surface area contributed by atoms with Crippen molar-refractivity contribution in [3.05, 3.63) is 0 Å². The van der Waals surface area contributed by atoms with Crippen LogP contribution in [0.15, 0.2) is 0 Å². The van der Waals surface area contributed by atoms with Crippen LogP contribution in [0.5, 0.6) is 0 Å². The summed E-state index contributed by atoms with van der Waals surface area (Å²) in [7, 11) is 0. The fourth-order valence-corrected chi connectivity index (χ4v) is 0.885. The average molecular weight is 232 g/mol. The van der Waals surface area contributed by atoms with Crippen molar-refractivity contribution in [3.8, 4) is 0 Å². The molecule has 0 aliphatic heterocycles. The van der Waals surface area contributed by atoms with Gasteiger partial charge < -0.3 is 20.1 Å². The molecule has 0 saturated heterocycles. The van der Waals surface area contributed by atoms with Crippen LogP contribution >= 0.6 is 0 Å². The molecule has 2 N–H and O–H groups in total. The van der Waals surface area contributed by atoms with Gasteiger partial charge in [0.1, 0.15) is 13.5 Å². The van der Waals surface area contributed by atoms with Crippen LogP contribution in [-0.2, 0) is 9.47 Å². The average Bonchev–Trinajstić information content (AvgIpc) is 2.19. The van der Waals surface area contributed by atoms with E-state index < -0.39 is 0 Å². The van der Waals surface area contributed by atoms with Crippen LogP contribution < -0.4 is 10.6 Å². The van der Waals surface area contributed by atoms with Gasteiger partial charge in [0, 0.05) is 0 Å². The van der Waals surface area contributed by atoms with E-state index in [2.05, 4.69) is 38.3 Å². The summed E-state index contributed by atoms with van der Waals surface area (Å²) in [5, 5.41) is 5.15. The third kappa shape index (κ3) is 11.3. The molecule has 0 aromatic rings. The molecule has 0 atom stereocenters. The Morgan fingerprint density at radius 3 is 1.62 bits per heavy atom. The molecule has 0 aromatic heterocycles. The lowest BCUT2D eigenvalue weighted by atomic mass is 10.2. The SMILES string of the molecule is CC(C)COCNC(=O)NCOCC(C)C. The van der Waals surface area contributed by atoms with Crippen molar-refractivity contribution in [2.75, 3.05) is 26.7 Å². The van der Waals surface area contributed by atoms with Crippen LogP contribution in [0.4, 0.5) is 4.79 Å². The number of amides is 2. The van der Waals surface area contributed by atoms with Crippen molar-refractivity contribution in [2.24, 2.45) is 11.8 Å². The van der Waals surface area contributed by atoms with Crippen molar-refractivity contribution in [1.29, 1.82) is 0 Å². The number of ether oxygens (including phenoxy) is 2. The zero-order valence-electron chi connectivity index (χ0n) is 10.7. The number of nitrogens with one attached hydrogen (secondary N) is 2. The van der Waals surface area contributed by atoms with E-state index in [1.165, 1.54) is 0 Å². The molecular weight excluding hydrogens is 208 g/mol. The predicted molar refractivity (Wildman–Crippen MR) is 63.0 cm³/mol. The Bertz CT molecular complexity index is 166. The first-order valence-electron chi connectivity index (χ1n) is 5.69. The molecule has 0 aliphatic rings. The topological polar surface area (TPSA) is 59.6 Å². The highest BCUT2D eigenvalue weighted by molar-refractivity contribution is 5.73. The second-order valence-corrected chi connectivity index (χ2v) is 4.50. The molecule has 0 aliphatic carbocycles. The highest BCUT2D eigenvalue weighted by Gasteiger charge is 1.99. The van der Waals surface area contributed by atoms with Crippen molar-refractivity contribution in [1.82, 2.24) is 10.6 Å². The van der Waals surface area contributed by atoms with E-state index in [9.17, 15) is 4.79 Å². The zero-order chi connectivity index (χ0) is 12.4. The maximum Gasteiger partial charge on any atom is 0.318 e. The van der Waals surface area contributed by atoms with Gasteiger partial charge in [-0.3, -0.25) is 0 Å². The van der Waals surface area contributed by atoms with Gasteiger partial charge in [-0.25, -0.2) is 4.79 Å². The van der Waals surface area contributed by atoms with Gasteiger partial charge in [0.2, 0.25) is 0 Å². The van der Waals surface area contributed by atoms with E-state index >= 15 is 0 Å². The summed E-state index contributed by atoms with van der Waals surface area (Å²) in [6.45, 7) is 9.97. The molecule has 0 heterocycles. The number of carbonyl (C=O) groups is 1. The number of hydrogen-bond acceptors (Lipinski definition) is 3. The van der Waals surface area contributed by atoms with E-state index in [4.69, 9.17) is 9.47 Å². The molecule has 0 bridgehead atoms. The Morgan fingerprint density at radius 2 is 1.31 bits per heavy atom. The first kappa shape index (κ1) is 15.2. The second kappa shape index (κ2) is 9.42. The molecule has 96 valence electrons. The number of hydrogen-bond donors (Lipinski definition) is 2. The first-order valence-corrected chi connectivity index (χ1v) is 5.69. The Labute approximate surface area is 97.9 Å². The minimum Gasteiger partial charge on any atom is -0.361 e. The van der Waals surface area contributed by atoms with Crippen LogP contribution in [0.25, 0.3) is 0 Å². The van der Waals surface area contributed by atoms with Gasteiger partial charge in [-0.15, -0.1) is 0 Å². The molecule has 2 amide bonds. The van der Waals surface area contributed by atoms with Gasteiger partial charge in [-0.2, -0.15) is 0 Å². The number of rotatable bonds is 8. The lowest BCUT2D eigenvalue weighted by molar-refractivity contribution is 0.0861. The summed E-state index contributed by atoms with van der Waals surface area (Å²) >= 11 is 0. The van der Waals surface area contributed by atoms with Crippen LogP contribution in [-0.4, -0.2) is 32.7 Å². The molecular formula is C11H24N2O3. The molecule has 0 rings (SSSR count). The molecule has 5 heteroatoms.